The number of anilines is 1. The second-order valence-electron chi connectivity index (χ2n) is 8.96. The Morgan fingerprint density at radius 2 is 1.62 bits per heavy atom. The zero-order valence-corrected chi connectivity index (χ0v) is 23.2. The Kier molecular flexibility index (Phi) is 10.4. The Balaban J connectivity index is 1.98. The number of hydrogen-bond donors (Lipinski definition) is 1. The van der Waals surface area contributed by atoms with E-state index in [1.807, 2.05) is 6.92 Å². The molecule has 0 spiro atoms. The predicted octanol–water partition coefficient (Wildman–Crippen LogP) is 4.36. The molecule has 0 aliphatic heterocycles. The second kappa shape index (κ2) is 13.7. The second-order valence-corrected chi connectivity index (χ2v) is 10.8. The third kappa shape index (κ3) is 7.57. The van der Waals surface area contributed by atoms with Crippen molar-refractivity contribution in [3.8, 4) is 5.75 Å². The van der Waals surface area contributed by atoms with Gasteiger partial charge in [0, 0.05) is 18.7 Å². The van der Waals surface area contributed by atoms with Crippen LogP contribution in [0, 0.1) is 5.82 Å². The highest BCUT2D eigenvalue weighted by Crippen LogP contribution is 2.26. The molecule has 1 unspecified atom stereocenters. The summed E-state index contributed by atoms with van der Waals surface area (Å²) in [5.41, 5.74) is 0.482. The zero-order chi connectivity index (χ0) is 28.4. The number of methoxy groups -OCH3 is 1. The molecule has 0 saturated heterocycles. The number of ether oxygens (including phenoxy) is 1. The van der Waals surface area contributed by atoms with Crippen LogP contribution in [-0.2, 0) is 26.2 Å². The van der Waals surface area contributed by atoms with Crippen molar-refractivity contribution in [2.75, 3.05) is 24.5 Å². The molecule has 8 nitrogen and oxygen atoms in total. The Bertz CT molecular complexity index is 1350. The van der Waals surface area contributed by atoms with E-state index in [0.29, 0.717) is 12.3 Å². The van der Waals surface area contributed by atoms with Gasteiger partial charge in [-0.1, -0.05) is 49.7 Å². The van der Waals surface area contributed by atoms with E-state index >= 15 is 0 Å². The van der Waals surface area contributed by atoms with Gasteiger partial charge in [-0.25, -0.2) is 12.8 Å². The molecule has 0 aliphatic carbocycles. The molecule has 3 aromatic rings. The molecule has 0 fully saturated rings. The normalized spacial score (nSPS) is 11.9. The van der Waals surface area contributed by atoms with E-state index in [1.165, 1.54) is 54.5 Å². The van der Waals surface area contributed by atoms with E-state index in [2.05, 4.69) is 5.32 Å². The number of para-hydroxylation sites is 1. The first kappa shape index (κ1) is 29.6. The van der Waals surface area contributed by atoms with Gasteiger partial charge in [-0.2, -0.15) is 0 Å². The summed E-state index contributed by atoms with van der Waals surface area (Å²) in [6.07, 6.45) is 1.64. The Morgan fingerprint density at radius 3 is 2.23 bits per heavy atom. The van der Waals surface area contributed by atoms with Gasteiger partial charge < -0.3 is 15.0 Å². The largest absolute Gasteiger partial charge is 0.497 e. The summed E-state index contributed by atoms with van der Waals surface area (Å²) in [6, 6.07) is 19.0. The van der Waals surface area contributed by atoms with Gasteiger partial charge in [-0.3, -0.25) is 13.9 Å². The fraction of sp³-hybridized carbons (Fsp3) is 0.310. The zero-order valence-electron chi connectivity index (χ0n) is 22.3. The van der Waals surface area contributed by atoms with Gasteiger partial charge in [-0.05, 0) is 55.8 Å². The average molecular weight is 556 g/mol. The van der Waals surface area contributed by atoms with E-state index in [9.17, 15) is 22.4 Å². The lowest BCUT2D eigenvalue weighted by atomic mass is 10.1. The maximum absolute atomic E-state index is 14.6. The van der Waals surface area contributed by atoms with Crippen LogP contribution in [0.25, 0.3) is 0 Å². The first-order valence-corrected chi connectivity index (χ1v) is 14.2. The van der Waals surface area contributed by atoms with E-state index in [1.54, 1.807) is 43.3 Å². The number of amides is 2. The van der Waals surface area contributed by atoms with E-state index < -0.39 is 40.2 Å². The van der Waals surface area contributed by atoms with E-state index in [4.69, 9.17) is 4.74 Å². The molecule has 3 aromatic carbocycles. The number of unbranched alkanes of at least 4 members (excludes halogenated alkanes) is 1. The summed E-state index contributed by atoms with van der Waals surface area (Å²) >= 11 is 0. The number of halogens is 1. The van der Waals surface area contributed by atoms with Crippen molar-refractivity contribution in [2.24, 2.45) is 0 Å². The summed E-state index contributed by atoms with van der Waals surface area (Å²) in [4.78, 5) is 27.9. The van der Waals surface area contributed by atoms with Crippen LogP contribution in [0.15, 0.2) is 83.8 Å². The molecule has 0 aliphatic rings. The minimum Gasteiger partial charge on any atom is -0.497 e. The number of benzene rings is 3. The molecule has 3 rings (SSSR count). The van der Waals surface area contributed by atoms with Crippen LogP contribution in [-0.4, -0.2) is 51.4 Å². The standard InChI is InChI=1S/C29H34FN3O5S/c1-4-5-19-31-29(35)22(2)32(20-23-11-9-10-14-27(23)30)28(34)21-33(24-12-7-6-8-13-24)39(36,37)26-17-15-25(38-3)16-18-26/h6-18,22H,4-5,19-21H2,1-3H3,(H,31,35). The third-order valence-electron chi connectivity index (χ3n) is 6.27. The van der Waals surface area contributed by atoms with E-state index in [-0.39, 0.29) is 22.7 Å². The number of rotatable bonds is 13. The number of sulfonamides is 1. The van der Waals surface area contributed by atoms with Crippen LogP contribution in [0.4, 0.5) is 10.1 Å². The molecule has 2 amide bonds. The van der Waals surface area contributed by atoms with Gasteiger partial charge in [0.2, 0.25) is 11.8 Å². The lowest BCUT2D eigenvalue weighted by Gasteiger charge is -2.32. The summed E-state index contributed by atoms with van der Waals surface area (Å²) < 4.78 is 48.2. The minimum atomic E-state index is -4.20. The van der Waals surface area contributed by atoms with Crippen molar-refractivity contribution in [3.05, 3.63) is 90.2 Å². The molecule has 0 bridgehead atoms. The summed E-state index contributed by atoms with van der Waals surface area (Å²) in [6.45, 7) is 3.16. The van der Waals surface area contributed by atoms with Crippen LogP contribution < -0.4 is 14.4 Å². The van der Waals surface area contributed by atoms with Crippen LogP contribution in [0.5, 0.6) is 5.75 Å². The van der Waals surface area contributed by atoms with Crippen LogP contribution in [0.2, 0.25) is 0 Å². The number of carbonyl (C=O) groups is 2. The highest BCUT2D eigenvalue weighted by Gasteiger charge is 2.32. The van der Waals surface area contributed by atoms with Gasteiger partial charge in [0.25, 0.3) is 10.0 Å². The van der Waals surface area contributed by atoms with Gasteiger partial charge in [-0.15, -0.1) is 0 Å². The highest BCUT2D eigenvalue weighted by molar-refractivity contribution is 7.92. The van der Waals surface area contributed by atoms with Crippen molar-refractivity contribution >= 4 is 27.5 Å². The number of nitrogens with one attached hydrogen (secondary N) is 1. The van der Waals surface area contributed by atoms with Crippen molar-refractivity contribution in [1.82, 2.24) is 10.2 Å². The van der Waals surface area contributed by atoms with Crippen molar-refractivity contribution in [2.45, 2.75) is 44.2 Å². The molecule has 0 aromatic heterocycles. The van der Waals surface area contributed by atoms with Gasteiger partial charge in [0.1, 0.15) is 24.2 Å². The molecular weight excluding hydrogens is 521 g/mol. The molecule has 0 radical (unpaired) electrons. The smallest absolute Gasteiger partial charge is 0.264 e. The third-order valence-corrected chi connectivity index (χ3v) is 8.05. The highest BCUT2D eigenvalue weighted by atomic mass is 32.2. The first-order valence-electron chi connectivity index (χ1n) is 12.7. The molecule has 1 N–H and O–H groups in total. The minimum absolute atomic E-state index is 0.0361. The molecule has 10 heteroatoms. The number of hydrogen-bond acceptors (Lipinski definition) is 5. The molecular formula is C29H34FN3O5S. The monoisotopic (exact) mass is 555 g/mol. The molecule has 1 atom stereocenters. The van der Waals surface area contributed by atoms with Crippen LogP contribution >= 0.6 is 0 Å². The number of carbonyl (C=O) groups excluding carboxylic acids is 2. The fourth-order valence-corrected chi connectivity index (χ4v) is 5.34. The van der Waals surface area contributed by atoms with Crippen molar-refractivity contribution in [3.63, 3.8) is 0 Å². The first-order chi connectivity index (χ1) is 18.7. The molecule has 39 heavy (non-hydrogen) atoms. The summed E-state index contributed by atoms with van der Waals surface area (Å²) in [5, 5.41) is 2.80. The Hall–Kier alpha value is -3.92. The van der Waals surface area contributed by atoms with Crippen molar-refractivity contribution < 1.29 is 27.1 Å². The van der Waals surface area contributed by atoms with Crippen LogP contribution in [0.1, 0.15) is 32.3 Å². The lowest BCUT2D eigenvalue weighted by molar-refractivity contribution is -0.139. The SMILES string of the molecule is CCCCNC(=O)C(C)N(Cc1ccccc1F)C(=O)CN(c1ccccc1)S(=O)(=O)c1ccc(OC)cc1. The number of nitrogens with zero attached hydrogens (tertiary/aromatic N) is 2. The lowest BCUT2D eigenvalue weighted by Crippen LogP contribution is -2.51. The maximum atomic E-state index is 14.6. The van der Waals surface area contributed by atoms with Gasteiger partial charge >= 0.3 is 0 Å². The quantitative estimate of drug-likeness (QED) is 0.316. The maximum Gasteiger partial charge on any atom is 0.264 e. The van der Waals surface area contributed by atoms with Crippen molar-refractivity contribution in [1.29, 1.82) is 0 Å². The van der Waals surface area contributed by atoms with Gasteiger partial charge in [0.05, 0.1) is 17.7 Å². The van der Waals surface area contributed by atoms with Crippen LogP contribution in [0.3, 0.4) is 0 Å². The Morgan fingerprint density at radius 1 is 0.974 bits per heavy atom. The average Bonchev–Trinajstić information content (AvgIpc) is 2.95. The summed E-state index contributed by atoms with van der Waals surface area (Å²) in [5.74, 6) is -1.11. The summed E-state index contributed by atoms with van der Waals surface area (Å²) in [7, 11) is -2.72. The van der Waals surface area contributed by atoms with Gasteiger partial charge in [0.15, 0.2) is 0 Å². The topological polar surface area (TPSA) is 96.0 Å². The Labute approximate surface area is 229 Å². The van der Waals surface area contributed by atoms with E-state index in [0.717, 1.165) is 17.1 Å². The predicted molar refractivity (Wildman–Crippen MR) is 148 cm³/mol. The molecule has 0 heterocycles. The molecule has 0 saturated carbocycles. The fourth-order valence-electron chi connectivity index (χ4n) is 3.93. The molecule has 208 valence electrons.